The van der Waals surface area contributed by atoms with Crippen LogP contribution in [0.4, 0.5) is 11.4 Å². The molecule has 0 heterocycles. The van der Waals surface area contributed by atoms with Gasteiger partial charge in [0.2, 0.25) is 0 Å². The van der Waals surface area contributed by atoms with Crippen molar-refractivity contribution in [3.8, 4) is 0 Å². The lowest BCUT2D eigenvalue weighted by Gasteiger charge is -2.24. The van der Waals surface area contributed by atoms with Gasteiger partial charge in [-0.2, -0.15) is 0 Å². The van der Waals surface area contributed by atoms with Gasteiger partial charge in [-0.3, -0.25) is 13.8 Å². The van der Waals surface area contributed by atoms with Crippen LogP contribution in [-0.2, 0) is 13.6 Å². The van der Waals surface area contributed by atoms with Crippen molar-refractivity contribution < 1.29 is 27.8 Å². The Morgan fingerprint density at radius 1 is 1.13 bits per heavy atom. The number of rotatable bonds is 9. The number of hydrogen-bond donors (Lipinski definition) is 3. The molecule has 1 aromatic rings. The van der Waals surface area contributed by atoms with Crippen molar-refractivity contribution in [2.45, 2.75) is 6.42 Å². The number of nitrogen functional groups attached to an aromatic ring is 2. The maximum Gasteiger partial charge on any atom is 0.472 e. The molecule has 1 atom stereocenters. The molecular formula is C14H25N3O5P+. The first kappa shape index (κ1) is 19.6. The lowest BCUT2D eigenvalue weighted by atomic mass is 10.1. The first-order valence-corrected chi connectivity index (χ1v) is 8.60. The molecule has 0 radical (unpaired) electrons. The minimum atomic E-state index is -4.16. The van der Waals surface area contributed by atoms with Crippen molar-refractivity contribution in [3.63, 3.8) is 0 Å². The number of phosphoric ester groups is 1. The number of ketones is 1. The molecule has 0 aromatic heterocycles. The van der Waals surface area contributed by atoms with Gasteiger partial charge in [0, 0.05) is 23.4 Å². The average molecular weight is 346 g/mol. The molecule has 0 aliphatic rings. The molecule has 23 heavy (non-hydrogen) atoms. The van der Waals surface area contributed by atoms with Crippen LogP contribution in [0.3, 0.4) is 0 Å². The molecular weight excluding hydrogens is 321 g/mol. The number of benzene rings is 1. The van der Waals surface area contributed by atoms with Gasteiger partial charge in [-0.1, -0.05) is 0 Å². The second-order valence-electron chi connectivity index (χ2n) is 6.21. The fourth-order valence-electron chi connectivity index (χ4n) is 1.70. The standard InChI is InChI=1S/C14H24N3O5P/c1-17(2,3)5-7-22-23(19,20)21-6-4-14(18)11-8-12(15)10-13(16)9-11/h8-10H,4-7,15-16H2,1-3H3/p+1. The number of hydrogen-bond acceptors (Lipinski definition) is 6. The Morgan fingerprint density at radius 2 is 1.65 bits per heavy atom. The van der Waals surface area contributed by atoms with Crippen LogP contribution < -0.4 is 11.5 Å². The highest BCUT2D eigenvalue weighted by Gasteiger charge is 2.23. The van der Waals surface area contributed by atoms with Crippen LogP contribution in [0.25, 0.3) is 0 Å². The highest BCUT2D eigenvalue weighted by atomic mass is 31.2. The van der Waals surface area contributed by atoms with E-state index >= 15 is 0 Å². The predicted molar refractivity (Wildman–Crippen MR) is 88.8 cm³/mol. The Bertz CT molecular complexity index is 580. The topological polar surface area (TPSA) is 125 Å². The second-order valence-corrected chi connectivity index (χ2v) is 7.66. The Morgan fingerprint density at radius 3 is 2.17 bits per heavy atom. The minimum Gasteiger partial charge on any atom is -0.399 e. The Labute approximate surface area is 136 Å². The monoisotopic (exact) mass is 346 g/mol. The van der Waals surface area contributed by atoms with E-state index in [1.165, 1.54) is 18.2 Å². The molecule has 130 valence electrons. The van der Waals surface area contributed by atoms with Gasteiger partial charge in [0.25, 0.3) is 0 Å². The quantitative estimate of drug-likeness (QED) is 0.266. The number of carbonyl (C=O) groups excluding carboxylic acids is 1. The lowest BCUT2D eigenvalue weighted by Crippen LogP contribution is -2.37. The van der Waals surface area contributed by atoms with E-state index in [-0.39, 0.29) is 25.4 Å². The van der Waals surface area contributed by atoms with E-state index in [1.54, 1.807) is 0 Å². The van der Waals surface area contributed by atoms with Crippen LogP contribution in [-0.4, -0.2) is 56.1 Å². The fraction of sp³-hybridized carbons (Fsp3) is 0.500. The van der Waals surface area contributed by atoms with Gasteiger partial charge in [-0.25, -0.2) is 4.57 Å². The summed E-state index contributed by atoms with van der Waals surface area (Å²) >= 11 is 0. The summed E-state index contributed by atoms with van der Waals surface area (Å²) in [6.07, 6.45) is -0.0772. The van der Waals surface area contributed by atoms with E-state index in [2.05, 4.69) is 0 Å². The number of carbonyl (C=O) groups is 1. The summed E-state index contributed by atoms with van der Waals surface area (Å²) in [5.41, 5.74) is 12.3. The van der Waals surface area contributed by atoms with Crippen molar-refractivity contribution in [2.24, 2.45) is 0 Å². The third-order valence-corrected chi connectivity index (χ3v) is 3.92. The van der Waals surface area contributed by atoms with Crippen molar-refractivity contribution >= 4 is 25.0 Å². The summed E-state index contributed by atoms with van der Waals surface area (Å²) in [7, 11) is 1.64. The maximum atomic E-state index is 12.0. The third-order valence-electron chi connectivity index (χ3n) is 2.90. The van der Waals surface area contributed by atoms with Gasteiger partial charge in [0.15, 0.2) is 5.78 Å². The van der Waals surface area contributed by atoms with Crippen LogP contribution in [0, 0.1) is 0 Å². The van der Waals surface area contributed by atoms with Gasteiger partial charge < -0.3 is 20.8 Å². The largest absolute Gasteiger partial charge is 0.472 e. The van der Waals surface area contributed by atoms with Gasteiger partial charge in [0.05, 0.1) is 27.7 Å². The molecule has 0 spiro atoms. The summed E-state index contributed by atoms with van der Waals surface area (Å²) in [4.78, 5) is 21.5. The number of likely N-dealkylation sites (N-methyl/N-ethyl adjacent to an activating group) is 1. The maximum absolute atomic E-state index is 12.0. The van der Waals surface area contributed by atoms with Gasteiger partial charge in [0.1, 0.15) is 13.2 Å². The van der Waals surface area contributed by atoms with E-state index in [0.29, 0.717) is 28.0 Å². The fourth-order valence-corrected chi connectivity index (χ4v) is 2.41. The molecule has 8 nitrogen and oxygen atoms in total. The van der Waals surface area contributed by atoms with Crippen molar-refractivity contribution in [1.29, 1.82) is 0 Å². The van der Waals surface area contributed by atoms with Crippen molar-refractivity contribution in [1.82, 2.24) is 0 Å². The van der Waals surface area contributed by atoms with E-state index in [9.17, 15) is 14.3 Å². The molecule has 0 amide bonds. The lowest BCUT2D eigenvalue weighted by molar-refractivity contribution is -0.870. The number of anilines is 2. The zero-order valence-corrected chi connectivity index (χ0v) is 14.6. The molecule has 1 aromatic carbocycles. The molecule has 1 unspecified atom stereocenters. The molecule has 0 saturated carbocycles. The zero-order chi connectivity index (χ0) is 17.7. The van der Waals surface area contributed by atoms with E-state index < -0.39 is 7.82 Å². The summed E-state index contributed by atoms with van der Waals surface area (Å²) in [5.74, 6) is -0.282. The van der Waals surface area contributed by atoms with Crippen LogP contribution in [0.15, 0.2) is 18.2 Å². The summed E-state index contributed by atoms with van der Waals surface area (Å²) in [6, 6.07) is 4.53. The van der Waals surface area contributed by atoms with Crippen LogP contribution in [0.2, 0.25) is 0 Å². The summed E-state index contributed by atoms with van der Waals surface area (Å²) in [6.45, 7) is 0.401. The molecule has 0 fully saturated rings. The van der Waals surface area contributed by atoms with Crippen LogP contribution in [0.1, 0.15) is 16.8 Å². The number of nitrogens with zero attached hydrogens (tertiary/aromatic N) is 1. The van der Waals surface area contributed by atoms with Crippen LogP contribution >= 0.6 is 7.82 Å². The Kier molecular flexibility index (Phi) is 6.73. The SMILES string of the molecule is C[N+](C)(C)CCOP(=O)(O)OCCC(=O)c1cc(N)cc(N)c1. The van der Waals surface area contributed by atoms with Crippen LogP contribution in [0.5, 0.6) is 0 Å². The normalized spacial score (nSPS) is 14.4. The first-order chi connectivity index (χ1) is 10.5. The smallest absolute Gasteiger partial charge is 0.399 e. The van der Waals surface area contributed by atoms with Gasteiger partial charge in [-0.15, -0.1) is 0 Å². The first-order valence-electron chi connectivity index (χ1n) is 7.10. The molecule has 5 N–H and O–H groups in total. The highest BCUT2D eigenvalue weighted by molar-refractivity contribution is 7.47. The van der Waals surface area contributed by atoms with E-state index in [0.717, 1.165) is 0 Å². The molecule has 0 bridgehead atoms. The van der Waals surface area contributed by atoms with Gasteiger partial charge >= 0.3 is 7.82 Å². The van der Waals surface area contributed by atoms with E-state index in [1.807, 2.05) is 21.1 Å². The second kappa shape index (κ2) is 7.90. The molecule has 1 rings (SSSR count). The number of phosphoric acid groups is 1. The summed E-state index contributed by atoms with van der Waals surface area (Å²) < 4.78 is 21.9. The molecule has 9 heteroatoms. The Hall–Kier alpha value is -1.44. The third kappa shape index (κ3) is 8.11. The number of nitrogens with two attached hydrogens (primary N) is 2. The zero-order valence-electron chi connectivity index (χ0n) is 13.7. The number of quaternary nitrogens is 1. The van der Waals surface area contributed by atoms with Gasteiger partial charge in [-0.05, 0) is 18.2 Å². The van der Waals surface area contributed by atoms with E-state index in [4.69, 9.17) is 20.5 Å². The highest BCUT2D eigenvalue weighted by Crippen LogP contribution is 2.43. The molecule has 0 aliphatic carbocycles. The van der Waals surface area contributed by atoms with Crippen molar-refractivity contribution in [3.05, 3.63) is 23.8 Å². The predicted octanol–water partition coefficient (Wildman–Crippen LogP) is 1.26. The van der Waals surface area contributed by atoms with Crippen molar-refractivity contribution in [2.75, 3.05) is 52.4 Å². The molecule has 0 saturated heterocycles. The summed E-state index contributed by atoms with van der Waals surface area (Å²) in [5, 5.41) is 0. The minimum absolute atomic E-state index is 0.0772. The number of Topliss-reactive ketones (excluding diaryl/α,β-unsaturated/α-hetero) is 1. The Balaban J connectivity index is 2.43. The molecule has 0 aliphatic heterocycles. The average Bonchev–Trinajstić information content (AvgIpc) is 2.35.